The number of carboxylic acid groups (broad SMARTS) is 2. The van der Waals surface area contributed by atoms with Gasteiger partial charge in [0.15, 0.2) is 5.37 Å². The Morgan fingerprint density at radius 1 is 0.980 bits per heavy atom. The summed E-state index contributed by atoms with van der Waals surface area (Å²) in [5, 5.41) is 15.1. The molecule has 4 saturated heterocycles. The standard InChI is InChI=1S/C33H34FN3O8S2.CH2O2/c34-27-9-1-2-10-28(27)36(33(41)45-29-20-35-13-11-24(29)12-14-35)19-22-5-3-7-25(17-22)32(40)44-21-23-6-4-8-26(18-23)47(42,43)37-15-16-46-30(37)31(38)39;2-1-3/h1-10,17-18,24,29-30H,11-16,19-21H2,(H,38,39);1H,(H,2,3)/t29-,30-;/m0./s1. The van der Waals surface area contributed by atoms with E-state index in [0.29, 0.717) is 23.4 Å². The maximum absolute atomic E-state index is 14.9. The van der Waals surface area contributed by atoms with Crippen LogP contribution >= 0.6 is 11.8 Å². The zero-order valence-corrected chi connectivity index (χ0v) is 28.4. The summed E-state index contributed by atoms with van der Waals surface area (Å²) in [6.45, 7) is 2.14. The molecule has 2 bridgehead atoms. The Morgan fingerprint density at radius 3 is 2.36 bits per heavy atom. The molecular weight excluding hydrogens is 694 g/mol. The Hall–Kier alpha value is -4.51. The number of ether oxygens (including phenoxy) is 2. The van der Waals surface area contributed by atoms with Gasteiger partial charge < -0.3 is 19.7 Å². The number of amides is 1. The van der Waals surface area contributed by atoms with E-state index in [0.717, 1.165) is 42.0 Å². The van der Waals surface area contributed by atoms with Gasteiger partial charge in [-0.05, 0) is 79.4 Å². The lowest BCUT2D eigenvalue weighted by molar-refractivity contribution is -0.138. The fraction of sp³-hybridized carbons (Fsp3) is 0.353. The smallest absolute Gasteiger partial charge is 0.415 e. The summed E-state index contributed by atoms with van der Waals surface area (Å²) in [5.74, 6) is -1.86. The molecule has 0 aliphatic carbocycles. The molecule has 2 atom stereocenters. The lowest BCUT2D eigenvalue weighted by Gasteiger charge is -2.44. The summed E-state index contributed by atoms with van der Waals surface area (Å²) < 4.78 is 53.7. The van der Waals surface area contributed by atoms with Gasteiger partial charge in [-0.1, -0.05) is 36.4 Å². The van der Waals surface area contributed by atoms with Gasteiger partial charge in [0.25, 0.3) is 6.47 Å². The van der Waals surface area contributed by atoms with E-state index < -0.39 is 39.2 Å². The molecule has 4 heterocycles. The van der Waals surface area contributed by atoms with Crippen molar-refractivity contribution in [1.82, 2.24) is 9.21 Å². The molecule has 3 aromatic carbocycles. The molecule has 0 radical (unpaired) electrons. The number of nitrogens with zero attached hydrogens (tertiary/aromatic N) is 3. The maximum atomic E-state index is 14.9. The van der Waals surface area contributed by atoms with Crippen LogP contribution in [0.3, 0.4) is 0 Å². The van der Waals surface area contributed by atoms with Crippen molar-refractivity contribution in [2.75, 3.05) is 36.8 Å². The minimum atomic E-state index is -4.09. The number of hydrogen-bond donors (Lipinski definition) is 2. The number of benzene rings is 3. The number of sulfonamides is 1. The van der Waals surface area contributed by atoms with E-state index in [9.17, 15) is 32.3 Å². The van der Waals surface area contributed by atoms with Gasteiger partial charge >= 0.3 is 18.0 Å². The van der Waals surface area contributed by atoms with E-state index in [1.54, 1.807) is 36.4 Å². The third kappa shape index (κ3) is 8.61. The number of halogens is 1. The Labute approximate surface area is 292 Å². The number of fused-ring (bicyclic) bond motifs is 3. The molecule has 1 amide bonds. The second kappa shape index (κ2) is 16.5. The molecule has 4 fully saturated rings. The first-order chi connectivity index (χ1) is 24.0. The van der Waals surface area contributed by atoms with Crippen LogP contribution in [0.1, 0.15) is 34.3 Å². The van der Waals surface area contributed by atoms with E-state index in [1.165, 1.54) is 41.3 Å². The number of carbonyl (C=O) groups is 4. The van der Waals surface area contributed by atoms with E-state index in [2.05, 4.69) is 4.90 Å². The maximum Gasteiger partial charge on any atom is 0.415 e. The van der Waals surface area contributed by atoms with Gasteiger partial charge in [0, 0.05) is 18.8 Å². The van der Waals surface area contributed by atoms with E-state index in [-0.39, 0.29) is 54.3 Å². The molecule has 7 rings (SSSR count). The van der Waals surface area contributed by atoms with Crippen molar-refractivity contribution in [3.8, 4) is 0 Å². The van der Waals surface area contributed by atoms with E-state index in [1.807, 2.05) is 0 Å². The Morgan fingerprint density at radius 2 is 1.68 bits per heavy atom. The first-order valence-corrected chi connectivity index (χ1v) is 18.2. The molecule has 2 N–H and O–H groups in total. The van der Waals surface area contributed by atoms with E-state index in [4.69, 9.17) is 19.4 Å². The fourth-order valence-corrected chi connectivity index (χ4v) is 9.27. The molecule has 266 valence electrons. The first kappa shape index (κ1) is 36.8. The van der Waals surface area contributed by atoms with Crippen molar-refractivity contribution in [2.24, 2.45) is 5.92 Å². The SMILES string of the molecule is O=C(OCc1cccc(S(=O)(=O)N2CCS[C@H]2C(=O)O)c1)c1cccc(CN(C(=O)O[C@H]2CN3CCC2CC3)c2ccccc2F)c1.O=CO. The van der Waals surface area contributed by atoms with Crippen LogP contribution in [0.5, 0.6) is 0 Å². The summed E-state index contributed by atoms with van der Waals surface area (Å²) in [4.78, 5) is 49.9. The highest BCUT2D eigenvalue weighted by Crippen LogP contribution is 2.32. The third-order valence-electron chi connectivity index (χ3n) is 8.65. The largest absolute Gasteiger partial charge is 0.483 e. The Bertz CT molecular complexity index is 1820. The number of aliphatic carboxylic acids is 1. The molecule has 0 saturated carbocycles. The number of esters is 1. The number of anilines is 1. The van der Waals surface area contributed by atoms with Gasteiger partial charge in [0.1, 0.15) is 18.5 Å². The van der Waals surface area contributed by atoms with Crippen molar-refractivity contribution in [3.05, 3.63) is 95.3 Å². The zero-order chi connectivity index (χ0) is 35.8. The van der Waals surface area contributed by atoms with Crippen LogP contribution in [0.2, 0.25) is 0 Å². The lowest BCUT2D eigenvalue weighted by Crippen LogP contribution is -2.53. The lowest BCUT2D eigenvalue weighted by atomic mass is 9.86. The number of rotatable bonds is 10. The minimum Gasteiger partial charge on any atom is -0.483 e. The highest BCUT2D eigenvalue weighted by atomic mass is 32.2. The monoisotopic (exact) mass is 729 g/mol. The van der Waals surface area contributed by atoms with Gasteiger partial charge in [0.2, 0.25) is 10.0 Å². The zero-order valence-electron chi connectivity index (χ0n) is 26.8. The Balaban J connectivity index is 0.00000156. The van der Waals surface area contributed by atoms with Gasteiger partial charge in [0.05, 0.1) is 22.7 Å². The fourth-order valence-electron chi connectivity index (χ4n) is 6.19. The number of para-hydroxylation sites is 1. The number of piperidine rings is 3. The number of carboxylic acids is 1. The number of hydrogen-bond acceptors (Lipinski definition) is 10. The number of thioether (sulfide) groups is 1. The van der Waals surface area contributed by atoms with Crippen molar-refractivity contribution in [3.63, 3.8) is 0 Å². The highest BCUT2D eigenvalue weighted by Gasteiger charge is 2.40. The molecular formula is C34H36FN3O10S2. The van der Waals surface area contributed by atoms with E-state index >= 15 is 0 Å². The number of carbonyl (C=O) groups excluding carboxylic acids is 2. The minimum absolute atomic E-state index is 0.0591. The summed E-state index contributed by atoms with van der Waals surface area (Å²) in [7, 11) is -4.09. The molecule has 0 aromatic heterocycles. The van der Waals surface area contributed by atoms with Crippen LogP contribution in [0.25, 0.3) is 0 Å². The van der Waals surface area contributed by atoms with Crippen molar-refractivity contribution in [2.45, 2.75) is 42.4 Å². The second-order valence-electron chi connectivity index (χ2n) is 11.8. The van der Waals surface area contributed by atoms with Crippen LogP contribution in [0.4, 0.5) is 14.9 Å². The molecule has 13 nitrogen and oxygen atoms in total. The summed E-state index contributed by atoms with van der Waals surface area (Å²) >= 11 is 1.04. The predicted octanol–water partition coefficient (Wildman–Crippen LogP) is 4.27. The average molecular weight is 730 g/mol. The van der Waals surface area contributed by atoms with Gasteiger partial charge in [-0.3, -0.25) is 14.6 Å². The van der Waals surface area contributed by atoms with Crippen LogP contribution in [-0.4, -0.2) is 95.7 Å². The molecule has 16 heteroatoms. The topological polar surface area (TPSA) is 171 Å². The van der Waals surface area contributed by atoms with Crippen molar-refractivity contribution in [1.29, 1.82) is 0 Å². The predicted molar refractivity (Wildman–Crippen MR) is 180 cm³/mol. The van der Waals surface area contributed by atoms with Crippen molar-refractivity contribution < 1.29 is 51.7 Å². The second-order valence-corrected chi connectivity index (χ2v) is 14.9. The van der Waals surface area contributed by atoms with Crippen LogP contribution in [-0.2, 0) is 42.2 Å². The molecule has 50 heavy (non-hydrogen) atoms. The van der Waals surface area contributed by atoms with Gasteiger partial charge in [-0.2, -0.15) is 4.31 Å². The Kier molecular flexibility index (Phi) is 12.1. The molecule has 4 aliphatic heterocycles. The van der Waals surface area contributed by atoms with Crippen molar-refractivity contribution >= 4 is 52.0 Å². The molecule has 3 aromatic rings. The average Bonchev–Trinajstić information content (AvgIpc) is 3.63. The van der Waals surface area contributed by atoms with Gasteiger partial charge in [-0.25, -0.2) is 27.2 Å². The molecule has 0 unspecified atom stereocenters. The summed E-state index contributed by atoms with van der Waals surface area (Å²) in [6, 6.07) is 18.2. The molecule has 4 aliphatic rings. The van der Waals surface area contributed by atoms with Crippen LogP contribution in [0.15, 0.2) is 77.7 Å². The normalized spacial score (nSPS) is 21.4. The van der Waals surface area contributed by atoms with Gasteiger partial charge in [-0.15, -0.1) is 11.8 Å². The third-order valence-corrected chi connectivity index (χ3v) is 11.8. The quantitative estimate of drug-likeness (QED) is 0.225. The highest BCUT2D eigenvalue weighted by molar-refractivity contribution is 8.02. The molecule has 0 spiro atoms. The first-order valence-electron chi connectivity index (χ1n) is 15.8. The van der Waals surface area contributed by atoms with Crippen LogP contribution in [0, 0.1) is 11.7 Å². The van der Waals surface area contributed by atoms with Crippen LogP contribution < -0.4 is 4.90 Å². The summed E-state index contributed by atoms with van der Waals surface area (Å²) in [6.07, 6.45) is 0.954. The summed E-state index contributed by atoms with van der Waals surface area (Å²) in [5.41, 5.74) is 1.18.